The number of nitrogens with zero attached hydrogens (tertiary/aromatic N) is 1. The highest BCUT2D eigenvalue weighted by molar-refractivity contribution is 7.99. The van der Waals surface area contributed by atoms with Crippen LogP contribution >= 0.6 is 11.8 Å². The van der Waals surface area contributed by atoms with E-state index in [1.165, 1.54) is 11.8 Å². The number of piperidine rings is 1. The van der Waals surface area contributed by atoms with Crippen molar-refractivity contribution in [2.75, 3.05) is 40.0 Å². The number of ether oxygens (including phenoxy) is 2. The molecule has 8 unspecified atom stereocenters. The van der Waals surface area contributed by atoms with Gasteiger partial charge in [-0.05, 0) is 58.0 Å². The molecular weight excluding hydrogens is 446 g/mol. The van der Waals surface area contributed by atoms with Crippen LogP contribution in [0.3, 0.4) is 0 Å². The lowest BCUT2D eigenvalue weighted by molar-refractivity contribution is -0.216. The number of hydrogen-bond donors (Lipinski definition) is 4. The summed E-state index contributed by atoms with van der Waals surface area (Å²) in [5.74, 6) is 0.166. The third-order valence-electron chi connectivity index (χ3n) is 6.37. The summed E-state index contributed by atoms with van der Waals surface area (Å²) in [7, 11) is 3.50. The quantitative estimate of drug-likeness (QED) is 0.309. The van der Waals surface area contributed by atoms with Gasteiger partial charge in [-0.1, -0.05) is 26.7 Å². The maximum absolute atomic E-state index is 12.6. The Balaban J connectivity index is 1.84. The van der Waals surface area contributed by atoms with Crippen LogP contribution in [0.1, 0.15) is 46.0 Å². The Morgan fingerprint density at radius 2 is 2.03 bits per heavy atom. The van der Waals surface area contributed by atoms with Crippen molar-refractivity contribution in [2.24, 2.45) is 11.8 Å². The zero-order valence-electron chi connectivity index (χ0n) is 20.7. The molecule has 2 fully saturated rings. The van der Waals surface area contributed by atoms with Crippen molar-refractivity contribution < 1.29 is 29.3 Å². The van der Waals surface area contributed by atoms with Crippen molar-refractivity contribution in [1.29, 1.82) is 0 Å². The van der Waals surface area contributed by atoms with Crippen LogP contribution in [0.2, 0.25) is 0 Å². The lowest BCUT2D eigenvalue weighted by Gasteiger charge is -2.42. The van der Waals surface area contributed by atoms with Crippen molar-refractivity contribution in [1.82, 2.24) is 15.5 Å². The Morgan fingerprint density at radius 1 is 1.30 bits per heavy atom. The normalized spacial score (nSPS) is 33.5. The third kappa shape index (κ3) is 8.67. The molecule has 8 atom stereocenters. The predicted octanol–water partition coefficient (Wildman–Crippen LogP) is 0.580. The van der Waals surface area contributed by atoms with Crippen molar-refractivity contribution in [3.8, 4) is 0 Å². The molecule has 0 aromatic carbocycles. The molecule has 0 aliphatic carbocycles. The lowest BCUT2D eigenvalue weighted by atomic mass is 9.88. The zero-order valence-corrected chi connectivity index (χ0v) is 21.5. The van der Waals surface area contributed by atoms with Gasteiger partial charge in [0.25, 0.3) is 0 Å². The fourth-order valence-electron chi connectivity index (χ4n) is 4.61. The van der Waals surface area contributed by atoms with E-state index in [1.807, 2.05) is 13.2 Å². The van der Waals surface area contributed by atoms with E-state index < -0.39 is 35.8 Å². The highest BCUT2D eigenvalue weighted by Gasteiger charge is 2.46. The highest BCUT2D eigenvalue weighted by atomic mass is 32.2. The number of esters is 1. The highest BCUT2D eigenvalue weighted by Crippen LogP contribution is 2.32. The first-order valence-electron chi connectivity index (χ1n) is 12.1. The monoisotopic (exact) mass is 489 g/mol. The van der Waals surface area contributed by atoms with Gasteiger partial charge in [0, 0.05) is 6.54 Å². The predicted molar refractivity (Wildman–Crippen MR) is 129 cm³/mol. The van der Waals surface area contributed by atoms with Crippen LogP contribution in [0.25, 0.3) is 0 Å². The van der Waals surface area contributed by atoms with E-state index in [0.29, 0.717) is 18.9 Å². The molecule has 0 bridgehead atoms. The van der Waals surface area contributed by atoms with E-state index in [1.54, 1.807) is 19.0 Å². The molecule has 2 aliphatic heterocycles. The second-order valence-corrected chi connectivity index (χ2v) is 10.7. The Hall–Kier alpha value is -0.910. The van der Waals surface area contributed by atoms with Gasteiger partial charge in [0.05, 0.1) is 18.7 Å². The molecule has 10 heteroatoms. The number of likely N-dealkylation sites (N-methyl/N-ethyl adjacent to an activating group) is 1. The Kier molecular flexibility index (Phi) is 11.9. The fourth-order valence-corrected chi connectivity index (χ4v) is 5.35. The van der Waals surface area contributed by atoms with E-state index in [0.717, 1.165) is 32.2 Å². The van der Waals surface area contributed by atoms with E-state index in [4.69, 9.17) is 9.47 Å². The van der Waals surface area contributed by atoms with Gasteiger partial charge in [-0.3, -0.25) is 14.5 Å². The molecule has 1 amide bonds. The van der Waals surface area contributed by atoms with E-state index >= 15 is 0 Å². The number of thioether (sulfide) groups is 1. The van der Waals surface area contributed by atoms with Crippen LogP contribution in [0, 0.1) is 11.8 Å². The van der Waals surface area contributed by atoms with Crippen LogP contribution < -0.4 is 10.6 Å². The minimum absolute atomic E-state index is 0.0163. The van der Waals surface area contributed by atoms with Gasteiger partial charge in [-0.15, -0.1) is 11.8 Å². The molecule has 0 aromatic rings. The van der Waals surface area contributed by atoms with Crippen LogP contribution in [-0.2, 0) is 19.1 Å². The van der Waals surface area contributed by atoms with Gasteiger partial charge < -0.3 is 30.3 Å². The summed E-state index contributed by atoms with van der Waals surface area (Å²) in [4.78, 5) is 26.4. The maximum Gasteiger partial charge on any atom is 0.320 e. The first-order chi connectivity index (χ1) is 15.7. The number of amides is 1. The molecule has 2 heterocycles. The fraction of sp³-hybridized carbons (Fsp3) is 0.913. The largest absolute Gasteiger partial charge is 0.455 e. The molecule has 2 rings (SSSR count). The Labute approximate surface area is 202 Å². The standard InChI is InChI=1S/C23H43N3O6S/c1-6-7-15-8-9-24-16(11-15)22(30)25-12-14(2)10-17-19(28)20(29)21(23(31-17)33-5)32-18(27)13-26(3)4/h14-17,19-21,23-24,28-29H,6-13H2,1-5H3,(H,25,30). The van der Waals surface area contributed by atoms with E-state index in [-0.39, 0.29) is 24.4 Å². The first-order valence-corrected chi connectivity index (χ1v) is 13.3. The SMILES string of the molecule is CCCC1CCNC(C(=O)NCC(C)CC2OC(SC)C(OC(=O)CN(C)C)C(O)C2O)C1. The zero-order chi connectivity index (χ0) is 24.5. The number of hydrogen-bond acceptors (Lipinski definition) is 9. The first kappa shape index (κ1) is 28.3. The average molecular weight is 490 g/mol. The topological polar surface area (TPSA) is 120 Å². The van der Waals surface area contributed by atoms with Crippen LogP contribution in [0.5, 0.6) is 0 Å². The summed E-state index contributed by atoms with van der Waals surface area (Å²) in [5, 5.41) is 27.6. The summed E-state index contributed by atoms with van der Waals surface area (Å²) in [6, 6.07) is -0.153. The minimum atomic E-state index is -1.24. The van der Waals surface area contributed by atoms with Crippen molar-refractivity contribution in [3.05, 3.63) is 0 Å². The molecule has 0 aromatic heterocycles. The number of rotatable bonds is 11. The number of carbonyl (C=O) groups is 2. The van der Waals surface area contributed by atoms with E-state index in [9.17, 15) is 19.8 Å². The minimum Gasteiger partial charge on any atom is -0.455 e. The van der Waals surface area contributed by atoms with Crippen LogP contribution in [0.15, 0.2) is 0 Å². The van der Waals surface area contributed by atoms with Crippen molar-refractivity contribution in [3.63, 3.8) is 0 Å². The molecule has 2 aliphatic rings. The van der Waals surface area contributed by atoms with Crippen molar-refractivity contribution >= 4 is 23.6 Å². The van der Waals surface area contributed by atoms with Gasteiger partial charge in [-0.25, -0.2) is 0 Å². The van der Waals surface area contributed by atoms with Gasteiger partial charge >= 0.3 is 5.97 Å². The van der Waals surface area contributed by atoms with Crippen molar-refractivity contribution in [2.45, 2.75) is 81.8 Å². The molecular formula is C23H43N3O6S. The van der Waals surface area contributed by atoms with Gasteiger partial charge in [-0.2, -0.15) is 0 Å². The van der Waals surface area contributed by atoms with E-state index in [2.05, 4.69) is 17.6 Å². The Bertz CT molecular complexity index is 621. The summed E-state index contributed by atoms with van der Waals surface area (Å²) >= 11 is 1.33. The lowest BCUT2D eigenvalue weighted by Crippen LogP contribution is -2.58. The molecule has 4 N–H and O–H groups in total. The maximum atomic E-state index is 12.6. The van der Waals surface area contributed by atoms with Gasteiger partial charge in [0.1, 0.15) is 17.6 Å². The summed E-state index contributed by atoms with van der Waals surface area (Å²) in [5.41, 5.74) is -0.580. The smallest absolute Gasteiger partial charge is 0.320 e. The second-order valence-electron chi connectivity index (χ2n) is 9.72. The molecule has 0 spiro atoms. The van der Waals surface area contributed by atoms with Gasteiger partial charge in [0.2, 0.25) is 5.91 Å². The van der Waals surface area contributed by atoms with Crippen LogP contribution in [-0.4, -0.2) is 103 Å². The second kappa shape index (κ2) is 13.8. The molecule has 0 saturated carbocycles. The number of nitrogens with one attached hydrogen (secondary N) is 2. The molecule has 0 radical (unpaired) electrons. The number of aliphatic hydroxyl groups is 2. The third-order valence-corrected chi connectivity index (χ3v) is 7.22. The summed E-state index contributed by atoms with van der Waals surface area (Å²) in [6.07, 6.45) is 2.58. The molecule has 2 saturated heterocycles. The Morgan fingerprint density at radius 3 is 2.67 bits per heavy atom. The molecule has 33 heavy (non-hydrogen) atoms. The number of aliphatic hydroxyl groups excluding tert-OH is 2. The summed E-state index contributed by atoms with van der Waals surface area (Å²) < 4.78 is 11.4. The average Bonchev–Trinajstić information content (AvgIpc) is 2.77. The molecule has 192 valence electrons. The summed E-state index contributed by atoms with van der Waals surface area (Å²) in [6.45, 7) is 5.57. The number of carbonyl (C=O) groups excluding carboxylic acids is 2. The van der Waals surface area contributed by atoms with Gasteiger partial charge in [0.15, 0.2) is 6.10 Å². The molecule has 9 nitrogen and oxygen atoms in total. The van der Waals surface area contributed by atoms with Crippen LogP contribution in [0.4, 0.5) is 0 Å².